The Kier molecular flexibility index (Phi) is 4.73. The van der Waals surface area contributed by atoms with E-state index in [4.69, 9.17) is 9.47 Å². The number of hydrogen-bond donors (Lipinski definition) is 3. The van der Waals surface area contributed by atoms with E-state index in [1.54, 1.807) is 31.4 Å². The Morgan fingerprint density at radius 1 is 1.40 bits per heavy atom. The summed E-state index contributed by atoms with van der Waals surface area (Å²) in [4.78, 5) is 22.8. The number of β-lactam (4-membered cyclic amide) rings is 1. The summed E-state index contributed by atoms with van der Waals surface area (Å²) in [6, 6.07) is 6.48. The van der Waals surface area contributed by atoms with Gasteiger partial charge in [0.2, 0.25) is 5.91 Å². The molecule has 0 bridgehead atoms. The van der Waals surface area contributed by atoms with Gasteiger partial charge in [-0.25, -0.2) is 4.79 Å². The van der Waals surface area contributed by atoms with E-state index in [-0.39, 0.29) is 18.6 Å². The second-order valence-corrected chi connectivity index (χ2v) is 4.71. The molecule has 0 saturated carbocycles. The van der Waals surface area contributed by atoms with Gasteiger partial charge in [0.15, 0.2) is 0 Å². The predicted octanol–water partition coefficient (Wildman–Crippen LogP) is 0.718. The van der Waals surface area contributed by atoms with Crippen LogP contribution in [-0.2, 0) is 16.1 Å². The molecule has 2 amide bonds. The molecule has 0 aliphatic carbocycles. The van der Waals surface area contributed by atoms with E-state index in [1.165, 1.54) is 0 Å². The van der Waals surface area contributed by atoms with Crippen molar-refractivity contribution in [3.05, 3.63) is 29.8 Å². The van der Waals surface area contributed by atoms with Crippen molar-refractivity contribution in [1.82, 2.24) is 10.6 Å². The van der Waals surface area contributed by atoms with E-state index in [0.717, 1.165) is 11.3 Å². The van der Waals surface area contributed by atoms with Crippen LogP contribution in [0, 0.1) is 0 Å². The molecule has 2 rings (SSSR count). The van der Waals surface area contributed by atoms with Gasteiger partial charge in [0.1, 0.15) is 18.4 Å². The molecule has 6 nitrogen and oxygen atoms in total. The summed E-state index contributed by atoms with van der Waals surface area (Å²) in [5.41, 5.74) is 0.838. The number of rotatable bonds is 5. The van der Waals surface area contributed by atoms with E-state index in [9.17, 15) is 9.59 Å². The first-order chi connectivity index (χ1) is 9.63. The van der Waals surface area contributed by atoms with Crippen LogP contribution in [0.1, 0.15) is 5.56 Å². The molecule has 1 aliphatic rings. The van der Waals surface area contributed by atoms with Crippen LogP contribution in [0.3, 0.4) is 0 Å². The normalized spacial score (nSPS) is 20.6. The quantitative estimate of drug-likeness (QED) is 0.553. The Morgan fingerprint density at radius 3 is 2.65 bits per heavy atom. The van der Waals surface area contributed by atoms with Gasteiger partial charge in [-0.15, -0.1) is 0 Å². The van der Waals surface area contributed by atoms with E-state index in [0.29, 0.717) is 5.75 Å². The molecule has 0 aromatic heterocycles. The number of amides is 2. The number of benzene rings is 1. The Hall–Kier alpha value is -1.89. The fourth-order valence-corrected chi connectivity index (χ4v) is 2.10. The van der Waals surface area contributed by atoms with Crippen LogP contribution in [-0.4, -0.2) is 36.9 Å². The van der Waals surface area contributed by atoms with Gasteiger partial charge >= 0.3 is 6.09 Å². The lowest BCUT2D eigenvalue weighted by atomic mass is 10.0. The molecule has 1 aromatic rings. The standard InChI is InChI=1S/C13H16N2O4S/c1-18-9-4-2-8(3-5-9)6-19-13(17)15-11-10(7-20)14-12(11)16/h2-5,10-11,20H,6-7H2,1H3,(H,14,16)(H,15,17). The first-order valence-electron chi connectivity index (χ1n) is 6.11. The molecule has 2 atom stereocenters. The minimum absolute atomic E-state index is 0.135. The lowest BCUT2D eigenvalue weighted by molar-refractivity contribution is -0.130. The number of methoxy groups -OCH3 is 1. The van der Waals surface area contributed by atoms with Crippen LogP contribution in [0.4, 0.5) is 4.79 Å². The zero-order valence-corrected chi connectivity index (χ0v) is 11.9. The molecule has 1 fully saturated rings. The summed E-state index contributed by atoms with van der Waals surface area (Å²) >= 11 is 4.08. The van der Waals surface area contributed by atoms with E-state index < -0.39 is 12.1 Å². The van der Waals surface area contributed by atoms with Crippen molar-refractivity contribution in [2.75, 3.05) is 12.9 Å². The number of carbonyl (C=O) groups is 2. The van der Waals surface area contributed by atoms with Gasteiger partial charge in [0.05, 0.1) is 13.2 Å². The Bertz CT molecular complexity index is 492. The van der Waals surface area contributed by atoms with Gasteiger partial charge in [0.25, 0.3) is 0 Å². The van der Waals surface area contributed by atoms with E-state index >= 15 is 0 Å². The summed E-state index contributed by atoms with van der Waals surface area (Å²) in [7, 11) is 1.58. The summed E-state index contributed by atoms with van der Waals surface area (Å²) in [5.74, 6) is 0.987. The molecular weight excluding hydrogens is 280 g/mol. The number of alkyl carbamates (subject to hydrolysis) is 1. The molecule has 0 radical (unpaired) electrons. The molecular formula is C13H16N2O4S. The largest absolute Gasteiger partial charge is 0.497 e. The lowest BCUT2D eigenvalue weighted by Gasteiger charge is -2.35. The highest BCUT2D eigenvalue weighted by molar-refractivity contribution is 7.80. The third kappa shape index (κ3) is 3.36. The first-order valence-corrected chi connectivity index (χ1v) is 6.74. The minimum Gasteiger partial charge on any atom is -0.497 e. The molecule has 1 saturated heterocycles. The highest BCUT2D eigenvalue weighted by Gasteiger charge is 2.39. The number of nitrogens with one attached hydrogen (secondary N) is 2. The average Bonchev–Trinajstić information content (AvgIpc) is 2.48. The van der Waals surface area contributed by atoms with Crippen molar-refractivity contribution in [3.8, 4) is 5.75 Å². The summed E-state index contributed by atoms with van der Waals surface area (Å²) < 4.78 is 10.1. The topological polar surface area (TPSA) is 76.7 Å². The van der Waals surface area contributed by atoms with Gasteiger partial charge in [-0.3, -0.25) is 4.79 Å². The maximum Gasteiger partial charge on any atom is 0.408 e. The maximum atomic E-state index is 11.6. The molecule has 1 aromatic carbocycles. The fourth-order valence-electron chi connectivity index (χ4n) is 1.80. The van der Waals surface area contributed by atoms with Crippen LogP contribution in [0.15, 0.2) is 24.3 Å². The van der Waals surface area contributed by atoms with Crippen LogP contribution in [0.25, 0.3) is 0 Å². The Balaban J connectivity index is 1.78. The van der Waals surface area contributed by atoms with Crippen molar-refractivity contribution < 1.29 is 19.1 Å². The smallest absolute Gasteiger partial charge is 0.408 e. The summed E-state index contributed by atoms with van der Waals surface area (Å²) in [5, 5.41) is 5.15. The number of thiol groups is 1. The predicted molar refractivity (Wildman–Crippen MR) is 75.9 cm³/mol. The minimum atomic E-state index is -0.618. The molecule has 2 N–H and O–H groups in total. The van der Waals surface area contributed by atoms with E-state index in [2.05, 4.69) is 23.3 Å². The average molecular weight is 296 g/mol. The number of hydrogen-bond acceptors (Lipinski definition) is 5. The van der Waals surface area contributed by atoms with Crippen LogP contribution in [0.2, 0.25) is 0 Å². The second kappa shape index (κ2) is 6.51. The highest BCUT2D eigenvalue weighted by Crippen LogP contribution is 2.12. The Morgan fingerprint density at radius 2 is 2.10 bits per heavy atom. The van der Waals surface area contributed by atoms with Crippen molar-refractivity contribution in [1.29, 1.82) is 0 Å². The van der Waals surface area contributed by atoms with Gasteiger partial charge in [-0.2, -0.15) is 12.6 Å². The monoisotopic (exact) mass is 296 g/mol. The molecule has 108 valence electrons. The van der Waals surface area contributed by atoms with Crippen LogP contribution < -0.4 is 15.4 Å². The molecule has 20 heavy (non-hydrogen) atoms. The molecule has 0 spiro atoms. The molecule has 2 unspecified atom stereocenters. The van der Waals surface area contributed by atoms with Gasteiger partial charge in [-0.05, 0) is 17.7 Å². The third-order valence-electron chi connectivity index (χ3n) is 3.01. The van der Waals surface area contributed by atoms with Crippen LogP contribution >= 0.6 is 12.6 Å². The summed E-state index contributed by atoms with van der Waals surface area (Å²) in [6.45, 7) is 0.135. The van der Waals surface area contributed by atoms with Crippen molar-refractivity contribution in [2.24, 2.45) is 0 Å². The van der Waals surface area contributed by atoms with Gasteiger partial charge < -0.3 is 20.1 Å². The molecule has 1 heterocycles. The molecule has 7 heteroatoms. The van der Waals surface area contributed by atoms with Crippen molar-refractivity contribution >= 4 is 24.6 Å². The summed E-state index contributed by atoms with van der Waals surface area (Å²) in [6.07, 6.45) is -0.618. The molecule has 1 aliphatic heterocycles. The second-order valence-electron chi connectivity index (χ2n) is 4.34. The zero-order chi connectivity index (χ0) is 14.5. The number of ether oxygens (including phenoxy) is 2. The van der Waals surface area contributed by atoms with Crippen LogP contribution in [0.5, 0.6) is 5.75 Å². The third-order valence-corrected chi connectivity index (χ3v) is 3.40. The fraction of sp³-hybridized carbons (Fsp3) is 0.385. The van der Waals surface area contributed by atoms with Crippen molar-refractivity contribution in [3.63, 3.8) is 0 Å². The number of carbonyl (C=O) groups excluding carboxylic acids is 2. The van der Waals surface area contributed by atoms with Gasteiger partial charge in [-0.1, -0.05) is 12.1 Å². The highest BCUT2D eigenvalue weighted by atomic mass is 32.1. The lowest BCUT2D eigenvalue weighted by Crippen LogP contribution is -2.69. The van der Waals surface area contributed by atoms with Crippen molar-refractivity contribution in [2.45, 2.75) is 18.7 Å². The SMILES string of the molecule is COc1ccc(COC(=O)NC2C(=O)NC2CS)cc1. The van der Waals surface area contributed by atoms with E-state index in [1.807, 2.05) is 0 Å². The zero-order valence-electron chi connectivity index (χ0n) is 11.0. The Labute approximate surface area is 122 Å². The maximum absolute atomic E-state index is 11.6. The first kappa shape index (κ1) is 14.5. The van der Waals surface area contributed by atoms with Gasteiger partial charge in [0, 0.05) is 5.75 Å².